The van der Waals surface area contributed by atoms with Crippen molar-refractivity contribution in [3.63, 3.8) is 0 Å². The molecule has 108 valence electrons. The van der Waals surface area contributed by atoms with Crippen molar-refractivity contribution in [1.29, 1.82) is 0 Å². The highest BCUT2D eigenvalue weighted by Crippen LogP contribution is 2.20. The number of rotatable bonds is 8. The quantitative estimate of drug-likeness (QED) is 0.769. The molecule has 1 aromatic rings. The lowest BCUT2D eigenvalue weighted by atomic mass is 10.0. The van der Waals surface area contributed by atoms with Gasteiger partial charge in [0.05, 0.1) is 0 Å². The summed E-state index contributed by atoms with van der Waals surface area (Å²) in [6.07, 6.45) is 3.68. The predicted molar refractivity (Wildman–Crippen MR) is 87.6 cm³/mol. The maximum Gasteiger partial charge on any atom is 0.0329 e. The Morgan fingerprint density at radius 1 is 1.21 bits per heavy atom. The van der Waals surface area contributed by atoms with Gasteiger partial charge in [-0.2, -0.15) is 0 Å². The molecule has 2 nitrogen and oxygen atoms in total. The van der Waals surface area contributed by atoms with E-state index in [9.17, 15) is 0 Å². The van der Waals surface area contributed by atoms with Crippen molar-refractivity contribution >= 4 is 15.9 Å². The summed E-state index contributed by atoms with van der Waals surface area (Å²) < 4.78 is 1.14. The average molecular weight is 327 g/mol. The molecule has 2 unspecified atom stereocenters. The number of hydrogen-bond acceptors (Lipinski definition) is 2. The number of halogens is 1. The second-order valence-corrected chi connectivity index (χ2v) is 6.22. The fourth-order valence-electron chi connectivity index (χ4n) is 2.36. The molecular weight excluding hydrogens is 300 g/mol. The number of nitrogens with one attached hydrogen (secondary N) is 1. The second kappa shape index (κ2) is 8.72. The van der Waals surface area contributed by atoms with E-state index < -0.39 is 0 Å². The van der Waals surface area contributed by atoms with Crippen LogP contribution in [0.2, 0.25) is 0 Å². The van der Waals surface area contributed by atoms with E-state index in [2.05, 4.69) is 71.3 Å². The minimum atomic E-state index is 0.435. The van der Waals surface area contributed by atoms with Crippen molar-refractivity contribution in [1.82, 2.24) is 10.2 Å². The summed E-state index contributed by atoms with van der Waals surface area (Å²) in [7, 11) is 4.27. The Hall–Kier alpha value is -0.380. The van der Waals surface area contributed by atoms with Gasteiger partial charge in [0.15, 0.2) is 0 Å². The third-order valence-electron chi connectivity index (χ3n) is 3.85. The van der Waals surface area contributed by atoms with Gasteiger partial charge >= 0.3 is 0 Å². The molecule has 0 bridgehead atoms. The Bertz CT molecular complexity index is 350. The highest BCUT2D eigenvalue weighted by atomic mass is 79.9. The SMILES string of the molecule is CCCC(C)N(C)CCC(NC)c1ccc(Br)cc1. The minimum Gasteiger partial charge on any atom is -0.313 e. The Kier molecular flexibility index (Phi) is 7.66. The van der Waals surface area contributed by atoms with E-state index in [0.29, 0.717) is 12.1 Å². The van der Waals surface area contributed by atoms with Crippen LogP contribution in [0.1, 0.15) is 44.7 Å². The predicted octanol–water partition coefficient (Wildman–Crippen LogP) is 4.22. The summed E-state index contributed by atoms with van der Waals surface area (Å²) in [6, 6.07) is 9.73. The fourth-order valence-corrected chi connectivity index (χ4v) is 2.63. The first-order chi connectivity index (χ1) is 9.08. The van der Waals surface area contributed by atoms with Crippen LogP contribution in [0.25, 0.3) is 0 Å². The summed E-state index contributed by atoms with van der Waals surface area (Å²) in [5, 5.41) is 3.42. The molecule has 0 aromatic heterocycles. The first-order valence-electron chi connectivity index (χ1n) is 7.21. The number of hydrogen-bond donors (Lipinski definition) is 1. The van der Waals surface area contributed by atoms with Crippen LogP contribution in [0.5, 0.6) is 0 Å². The van der Waals surface area contributed by atoms with E-state index in [1.165, 1.54) is 18.4 Å². The maximum atomic E-state index is 3.49. The molecule has 0 heterocycles. The molecule has 0 aliphatic carbocycles. The van der Waals surface area contributed by atoms with Gasteiger partial charge in [-0.05, 0) is 58.1 Å². The van der Waals surface area contributed by atoms with Gasteiger partial charge in [0.2, 0.25) is 0 Å². The normalized spacial score (nSPS) is 14.6. The molecule has 0 radical (unpaired) electrons. The lowest BCUT2D eigenvalue weighted by molar-refractivity contribution is 0.232. The van der Waals surface area contributed by atoms with Crippen molar-refractivity contribution in [2.75, 3.05) is 20.6 Å². The molecule has 1 aromatic carbocycles. The van der Waals surface area contributed by atoms with Gasteiger partial charge in [0, 0.05) is 16.6 Å². The highest BCUT2D eigenvalue weighted by Gasteiger charge is 2.13. The van der Waals surface area contributed by atoms with Gasteiger partial charge < -0.3 is 10.2 Å². The lowest BCUT2D eigenvalue weighted by Crippen LogP contribution is -2.32. The summed E-state index contributed by atoms with van der Waals surface area (Å²) >= 11 is 3.49. The van der Waals surface area contributed by atoms with Crippen LogP contribution in [0, 0.1) is 0 Å². The van der Waals surface area contributed by atoms with Crippen molar-refractivity contribution in [2.45, 2.75) is 45.2 Å². The Morgan fingerprint density at radius 3 is 2.37 bits per heavy atom. The third kappa shape index (κ3) is 5.64. The van der Waals surface area contributed by atoms with Crippen molar-refractivity contribution in [3.05, 3.63) is 34.3 Å². The number of benzene rings is 1. The summed E-state index contributed by atoms with van der Waals surface area (Å²) in [5.74, 6) is 0. The van der Waals surface area contributed by atoms with Crippen LogP contribution in [0.15, 0.2) is 28.7 Å². The lowest BCUT2D eigenvalue weighted by Gasteiger charge is -2.26. The molecule has 0 spiro atoms. The standard InChI is InChI=1S/C16H27BrN2/c1-5-6-13(2)19(4)12-11-16(18-3)14-7-9-15(17)10-8-14/h7-10,13,16,18H,5-6,11-12H2,1-4H3. The Balaban J connectivity index is 2.51. The molecule has 2 atom stereocenters. The van der Waals surface area contributed by atoms with E-state index in [4.69, 9.17) is 0 Å². The Morgan fingerprint density at radius 2 is 1.84 bits per heavy atom. The molecule has 1 rings (SSSR count). The zero-order valence-electron chi connectivity index (χ0n) is 12.6. The molecule has 1 N–H and O–H groups in total. The van der Waals surface area contributed by atoms with E-state index in [1.54, 1.807) is 0 Å². The first-order valence-corrected chi connectivity index (χ1v) is 8.00. The van der Waals surface area contributed by atoms with E-state index in [-0.39, 0.29) is 0 Å². The minimum absolute atomic E-state index is 0.435. The van der Waals surface area contributed by atoms with Crippen LogP contribution >= 0.6 is 15.9 Å². The van der Waals surface area contributed by atoms with Gasteiger partial charge in [-0.15, -0.1) is 0 Å². The maximum absolute atomic E-state index is 3.49. The topological polar surface area (TPSA) is 15.3 Å². The first kappa shape index (κ1) is 16.7. The van der Waals surface area contributed by atoms with Gasteiger partial charge in [-0.25, -0.2) is 0 Å². The third-order valence-corrected chi connectivity index (χ3v) is 4.38. The average Bonchev–Trinajstić information content (AvgIpc) is 2.41. The van der Waals surface area contributed by atoms with Crippen LogP contribution < -0.4 is 5.32 Å². The monoisotopic (exact) mass is 326 g/mol. The largest absolute Gasteiger partial charge is 0.313 e. The zero-order chi connectivity index (χ0) is 14.3. The molecule has 0 saturated heterocycles. The number of nitrogens with zero attached hydrogens (tertiary/aromatic N) is 1. The molecule has 0 aliphatic rings. The van der Waals surface area contributed by atoms with Crippen LogP contribution in [0.3, 0.4) is 0 Å². The van der Waals surface area contributed by atoms with Crippen molar-refractivity contribution < 1.29 is 0 Å². The van der Waals surface area contributed by atoms with Gasteiger partial charge in [-0.1, -0.05) is 41.4 Å². The van der Waals surface area contributed by atoms with E-state index >= 15 is 0 Å². The highest BCUT2D eigenvalue weighted by molar-refractivity contribution is 9.10. The summed E-state index contributed by atoms with van der Waals surface area (Å²) in [4.78, 5) is 2.46. The van der Waals surface area contributed by atoms with Crippen molar-refractivity contribution in [2.24, 2.45) is 0 Å². The van der Waals surface area contributed by atoms with Crippen LogP contribution in [-0.2, 0) is 0 Å². The molecule has 0 amide bonds. The van der Waals surface area contributed by atoms with E-state index in [0.717, 1.165) is 17.4 Å². The molecule has 0 saturated carbocycles. The van der Waals surface area contributed by atoms with Crippen molar-refractivity contribution in [3.8, 4) is 0 Å². The van der Waals surface area contributed by atoms with Gasteiger partial charge in [-0.3, -0.25) is 0 Å². The van der Waals surface area contributed by atoms with Crippen LogP contribution in [0.4, 0.5) is 0 Å². The Labute approximate surface area is 126 Å². The molecular formula is C16H27BrN2. The molecule has 19 heavy (non-hydrogen) atoms. The fraction of sp³-hybridized carbons (Fsp3) is 0.625. The second-order valence-electron chi connectivity index (χ2n) is 5.30. The van der Waals surface area contributed by atoms with Crippen LogP contribution in [-0.4, -0.2) is 31.6 Å². The van der Waals surface area contributed by atoms with Gasteiger partial charge in [0.1, 0.15) is 0 Å². The summed E-state index contributed by atoms with van der Waals surface area (Å²) in [5.41, 5.74) is 1.36. The van der Waals surface area contributed by atoms with E-state index in [1.807, 2.05) is 7.05 Å². The molecule has 3 heteroatoms. The summed E-state index contributed by atoms with van der Waals surface area (Å²) in [6.45, 7) is 5.70. The van der Waals surface area contributed by atoms with Gasteiger partial charge in [0.25, 0.3) is 0 Å². The molecule has 0 fully saturated rings. The smallest absolute Gasteiger partial charge is 0.0329 e. The molecule has 0 aliphatic heterocycles. The zero-order valence-corrected chi connectivity index (χ0v) is 14.2.